The third kappa shape index (κ3) is 2.13. The molecule has 3 heteroatoms. The molecule has 94 valence electrons. The lowest BCUT2D eigenvalue weighted by Crippen LogP contribution is -2.56. The van der Waals surface area contributed by atoms with Gasteiger partial charge in [0.1, 0.15) is 0 Å². The van der Waals surface area contributed by atoms with Crippen molar-refractivity contribution in [3.05, 3.63) is 0 Å². The molecule has 2 fully saturated rings. The van der Waals surface area contributed by atoms with Gasteiger partial charge in [-0.3, -0.25) is 4.90 Å². The molecule has 3 atom stereocenters. The maximum Gasteiger partial charge on any atom is 0.0513 e. The second-order valence-electron chi connectivity index (χ2n) is 5.63. The molecule has 0 aromatic rings. The maximum absolute atomic E-state index is 6.06. The topological polar surface area (TPSA) is 38.5 Å². The van der Waals surface area contributed by atoms with E-state index in [0.717, 1.165) is 25.7 Å². The molecule has 2 aliphatic rings. The molecule has 0 bridgehead atoms. The highest BCUT2D eigenvalue weighted by Crippen LogP contribution is 2.35. The minimum atomic E-state index is 0.167. The molecule has 0 amide bonds. The van der Waals surface area contributed by atoms with E-state index in [1.165, 1.54) is 32.4 Å². The van der Waals surface area contributed by atoms with Crippen molar-refractivity contribution in [2.75, 3.05) is 32.8 Å². The van der Waals surface area contributed by atoms with Crippen LogP contribution in [0.5, 0.6) is 0 Å². The quantitative estimate of drug-likeness (QED) is 0.789. The first-order valence-electron chi connectivity index (χ1n) is 6.73. The number of hydrogen-bond donors (Lipinski definition) is 1. The number of nitrogens with two attached hydrogens (primary N) is 1. The van der Waals surface area contributed by atoms with Gasteiger partial charge in [-0.2, -0.15) is 0 Å². The standard InChI is InChI=1S/C13H26N2O/c1-3-11-4-6-15(8-11)13(2,10-14)12-5-7-16-9-12/h11-12H,3-10,14H2,1-2H3. The molecule has 0 saturated carbocycles. The fraction of sp³-hybridized carbons (Fsp3) is 1.00. The van der Waals surface area contributed by atoms with Crippen molar-refractivity contribution in [3.8, 4) is 0 Å². The maximum atomic E-state index is 6.06. The van der Waals surface area contributed by atoms with Gasteiger partial charge < -0.3 is 10.5 Å². The van der Waals surface area contributed by atoms with Crippen LogP contribution in [-0.4, -0.2) is 43.3 Å². The van der Waals surface area contributed by atoms with E-state index in [9.17, 15) is 0 Å². The van der Waals surface area contributed by atoms with Crippen molar-refractivity contribution in [2.45, 2.75) is 38.6 Å². The van der Waals surface area contributed by atoms with Gasteiger partial charge >= 0.3 is 0 Å². The van der Waals surface area contributed by atoms with Gasteiger partial charge in [-0.15, -0.1) is 0 Å². The molecule has 0 aromatic heterocycles. The van der Waals surface area contributed by atoms with Crippen molar-refractivity contribution in [2.24, 2.45) is 17.6 Å². The van der Waals surface area contributed by atoms with Crippen LogP contribution in [0.3, 0.4) is 0 Å². The summed E-state index contributed by atoms with van der Waals surface area (Å²) < 4.78 is 5.54. The van der Waals surface area contributed by atoms with E-state index < -0.39 is 0 Å². The van der Waals surface area contributed by atoms with Crippen molar-refractivity contribution in [3.63, 3.8) is 0 Å². The third-order valence-corrected chi connectivity index (χ3v) is 4.81. The Balaban J connectivity index is 2.03. The minimum absolute atomic E-state index is 0.167. The first kappa shape index (κ1) is 12.3. The lowest BCUT2D eigenvalue weighted by molar-refractivity contribution is 0.0618. The smallest absolute Gasteiger partial charge is 0.0513 e. The molecular weight excluding hydrogens is 200 g/mol. The Kier molecular flexibility index (Phi) is 3.88. The highest BCUT2D eigenvalue weighted by atomic mass is 16.5. The average molecular weight is 226 g/mol. The Labute approximate surface area is 99.3 Å². The summed E-state index contributed by atoms with van der Waals surface area (Å²) >= 11 is 0. The Morgan fingerprint density at radius 2 is 2.25 bits per heavy atom. The number of ether oxygens (including phenoxy) is 1. The first-order chi connectivity index (χ1) is 7.70. The van der Waals surface area contributed by atoms with E-state index in [0.29, 0.717) is 5.92 Å². The van der Waals surface area contributed by atoms with Crippen LogP contribution in [0, 0.1) is 11.8 Å². The molecular formula is C13H26N2O. The van der Waals surface area contributed by atoms with Crippen LogP contribution >= 0.6 is 0 Å². The number of likely N-dealkylation sites (tertiary alicyclic amines) is 1. The van der Waals surface area contributed by atoms with Crippen molar-refractivity contribution in [1.29, 1.82) is 0 Å². The highest BCUT2D eigenvalue weighted by Gasteiger charge is 2.42. The van der Waals surface area contributed by atoms with Crippen molar-refractivity contribution < 1.29 is 4.74 Å². The normalized spacial score (nSPS) is 35.4. The van der Waals surface area contributed by atoms with Crippen molar-refractivity contribution >= 4 is 0 Å². The van der Waals surface area contributed by atoms with Crippen LogP contribution in [-0.2, 0) is 4.74 Å². The lowest BCUT2D eigenvalue weighted by Gasteiger charge is -2.42. The monoisotopic (exact) mass is 226 g/mol. The summed E-state index contributed by atoms with van der Waals surface area (Å²) in [4.78, 5) is 2.63. The SMILES string of the molecule is CCC1CCN(C(C)(CN)C2CCOC2)C1. The molecule has 2 aliphatic heterocycles. The van der Waals surface area contributed by atoms with Crippen LogP contribution in [0.1, 0.15) is 33.1 Å². The van der Waals surface area contributed by atoms with Crippen LogP contribution in [0.15, 0.2) is 0 Å². The molecule has 2 heterocycles. The molecule has 3 nitrogen and oxygen atoms in total. The molecule has 0 spiro atoms. The Hall–Kier alpha value is -0.120. The second-order valence-corrected chi connectivity index (χ2v) is 5.63. The first-order valence-corrected chi connectivity index (χ1v) is 6.73. The largest absolute Gasteiger partial charge is 0.381 e. The van der Waals surface area contributed by atoms with Gasteiger partial charge in [-0.05, 0) is 32.2 Å². The Bertz CT molecular complexity index is 228. The van der Waals surface area contributed by atoms with Gasteiger partial charge in [0.25, 0.3) is 0 Å². The molecule has 16 heavy (non-hydrogen) atoms. The lowest BCUT2D eigenvalue weighted by atomic mass is 9.83. The second kappa shape index (κ2) is 5.03. The summed E-state index contributed by atoms with van der Waals surface area (Å²) in [7, 11) is 0. The zero-order valence-electron chi connectivity index (χ0n) is 10.7. The molecule has 2 N–H and O–H groups in total. The van der Waals surface area contributed by atoms with Crippen molar-refractivity contribution in [1.82, 2.24) is 4.90 Å². The zero-order valence-corrected chi connectivity index (χ0v) is 10.7. The van der Waals surface area contributed by atoms with E-state index in [4.69, 9.17) is 10.5 Å². The summed E-state index contributed by atoms with van der Waals surface area (Å²) in [6.07, 6.45) is 3.83. The molecule has 2 rings (SSSR count). The van der Waals surface area contributed by atoms with Gasteiger partial charge in [0.15, 0.2) is 0 Å². The van der Waals surface area contributed by atoms with Gasteiger partial charge in [0.05, 0.1) is 6.61 Å². The summed E-state index contributed by atoms with van der Waals surface area (Å²) in [5, 5.41) is 0. The summed E-state index contributed by atoms with van der Waals surface area (Å²) in [5.41, 5.74) is 6.22. The average Bonchev–Trinajstić information content (AvgIpc) is 2.98. The molecule has 0 radical (unpaired) electrons. The van der Waals surface area contributed by atoms with Gasteiger partial charge in [-0.25, -0.2) is 0 Å². The van der Waals surface area contributed by atoms with E-state index in [2.05, 4.69) is 18.7 Å². The predicted molar refractivity (Wildman–Crippen MR) is 66.4 cm³/mol. The highest BCUT2D eigenvalue weighted by molar-refractivity contribution is 4.98. The fourth-order valence-electron chi connectivity index (χ4n) is 3.21. The number of rotatable bonds is 4. The van der Waals surface area contributed by atoms with E-state index >= 15 is 0 Å². The molecule has 3 unspecified atom stereocenters. The van der Waals surface area contributed by atoms with Crippen LogP contribution in [0.4, 0.5) is 0 Å². The zero-order chi connectivity index (χ0) is 11.6. The van der Waals surface area contributed by atoms with Gasteiger partial charge in [0.2, 0.25) is 0 Å². The van der Waals surface area contributed by atoms with Crippen LogP contribution in [0.25, 0.3) is 0 Å². The number of nitrogens with zero attached hydrogens (tertiary/aromatic N) is 1. The van der Waals surface area contributed by atoms with Gasteiger partial charge in [0, 0.05) is 31.2 Å². The summed E-state index contributed by atoms with van der Waals surface area (Å²) in [6, 6.07) is 0. The Morgan fingerprint density at radius 1 is 1.44 bits per heavy atom. The Morgan fingerprint density at radius 3 is 2.75 bits per heavy atom. The van der Waals surface area contributed by atoms with Crippen LogP contribution < -0.4 is 5.73 Å². The third-order valence-electron chi connectivity index (χ3n) is 4.81. The van der Waals surface area contributed by atoms with E-state index in [1.54, 1.807) is 0 Å². The number of hydrogen-bond acceptors (Lipinski definition) is 3. The minimum Gasteiger partial charge on any atom is -0.381 e. The molecule has 2 saturated heterocycles. The van der Waals surface area contributed by atoms with Gasteiger partial charge in [-0.1, -0.05) is 13.3 Å². The van der Waals surface area contributed by atoms with Crippen LogP contribution in [0.2, 0.25) is 0 Å². The van der Waals surface area contributed by atoms with E-state index in [-0.39, 0.29) is 5.54 Å². The van der Waals surface area contributed by atoms with E-state index in [1.807, 2.05) is 0 Å². The summed E-state index contributed by atoms with van der Waals surface area (Å²) in [5.74, 6) is 1.52. The molecule has 0 aromatic carbocycles. The summed E-state index contributed by atoms with van der Waals surface area (Å²) in [6.45, 7) is 9.68. The predicted octanol–water partition coefficient (Wildman–Crippen LogP) is 1.47. The molecule has 0 aliphatic carbocycles. The fourth-order valence-corrected chi connectivity index (χ4v) is 3.21.